The average molecular weight is 219 g/mol. The number of nitrogen functional groups attached to an aromatic ring is 2. The summed E-state index contributed by atoms with van der Waals surface area (Å²) in [6.45, 7) is 2.02. The highest BCUT2D eigenvalue weighted by atomic mass is 14.8. The number of anilines is 2. The molecule has 0 saturated heterocycles. The Morgan fingerprint density at radius 1 is 1.25 bits per heavy atom. The van der Waals surface area contributed by atoms with Crippen LogP contribution in [0.25, 0.3) is 0 Å². The third kappa shape index (κ3) is 2.29. The van der Waals surface area contributed by atoms with Gasteiger partial charge in [-0.25, -0.2) is 4.98 Å². The fraction of sp³-hybridized carbons (Fsp3) is 0.615. The van der Waals surface area contributed by atoms with E-state index in [1.165, 1.54) is 37.7 Å². The van der Waals surface area contributed by atoms with Gasteiger partial charge in [-0.2, -0.15) is 0 Å². The lowest BCUT2D eigenvalue weighted by molar-refractivity contribution is 0.356. The highest BCUT2D eigenvalue weighted by Gasteiger charge is 2.17. The van der Waals surface area contributed by atoms with Crippen LogP contribution in [-0.2, 0) is 6.42 Å². The van der Waals surface area contributed by atoms with Crippen LogP contribution in [0.5, 0.6) is 0 Å². The second-order valence-corrected chi connectivity index (χ2v) is 4.91. The number of hydrogen-bond donors (Lipinski definition) is 2. The molecular formula is C13H21N3. The van der Waals surface area contributed by atoms with Crippen LogP contribution in [0.4, 0.5) is 11.5 Å². The number of rotatable bonds is 2. The second kappa shape index (κ2) is 4.73. The molecule has 4 N–H and O–H groups in total. The lowest BCUT2D eigenvalue weighted by atomic mass is 9.84. The fourth-order valence-electron chi connectivity index (χ4n) is 2.64. The van der Waals surface area contributed by atoms with Gasteiger partial charge in [0.05, 0.1) is 11.9 Å². The minimum Gasteiger partial charge on any atom is -0.397 e. The van der Waals surface area contributed by atoms with Crippen molar-refractivity contribution < 1.29 is 0 Å². The Kier molecular flexibility index (Phi) is 3.32. The van der Waals surface area contributed by atoms with Gasteiger partial charge in [-0.05, 0) is 30.4 Å². The molecule has 3 nitrogen and oxygen atoms in total. The summed E-state index contributed by atoms with van der Waals surface area (Å²) < 4.78 is 0. The third-order valence-electron chi connectivity index (χ3n) is 3.75. The van der Waals surface area contributed by atoms with E-state index in [0.717, 1.165) is 23.6 Å². The van der Waals surface area contributed by atoms with E-state index in [1.54, 1.807) is 6.20 Å². The van der Waals surface area contributed by atoms with Crippen LogP contribution in [0.15, 0.2) is 6.20 Å². The van der Waals surface area contributed by atoms with Crippen molar-refractivity contribution in [2.75, 3.05) is 11.5 Å². The predicted molar refractivity (Wildman–Crippen MR) is 68.1 cm³/mol. The maximum Gasteiger partial charge on any atom is 0.126 e. The van der Waals surface area contributed by atoms with Crippen LogP contribution in [0.1, 0.15) is 43.2 Å². The summed E-state index contributed by atoms with van der Waals surface area (Å²) in [5.41, 5.74) is 14.9. The van der Waals surface area contributed by atoms with Crippen LogP contribution in [0.3, 0.4) is 0 Å². The number of aromatic nitrogens is 1. The van der Waals surface area contributed by atoms with E-state index >= 15 is 0 Å². The molecule has 0 spiro atoms. The predicted octanol–water partition coefficient (Wildman–Crippen LogP) is 2.68. The summed E-state index contributed by atoms with van der Waals surface area (Å²) in [5.74, 6) is 1.41. The van der Waals surface area contributed by atoms with Crippen molar-refractivity contribution in [2.24, 2.45) is 5.92 Å². The number of hydrogen-bond acceptors (Lipinski definition) is 3. The van der Waals surface area contributed by atoms with Gasteiger partial charge in [-0.15, -0.1) is 0 Å². The molecule has 1 saturated carbocycles. The smallest absolute Gasteiger partial charge is 0.126 e. The van der Waals surface area contributed by atoms with Gasteiger partial charge >= 0.3 is 0 Å². The van der Waals surface area contributed by atoms with Crippen LogP contribution < -0.4 is 11.5 Å². The molecule has 0 bridgehead atoms. The molecule has 0 atom stereocenters. The minimum absolute atomic E-state index is 0.625. The highest BCUT2D eigenvalue weighted by molar-refractivity contribution is 5.56. The molecule has 0 aliphatic heterocycles. The zero-order valence-corrected chi connectivity index (χ0v) is 10.00. The van der Waals surface area contributed by atoms with E-state index in [2.05, 4.69) is 4.98 Å². The quantitative estimate of drug-likeness (QED) is 0.803. The number of nitrogens with zero attached hydrogens (tertiary/aromatic N) is 1. The molecule has 88 valence electrons. The van der Waals surface area contributed by atoms with Gasteiger partial charge in [0.2, 0.25) is 0 Å². The van der Waals surface area contributed by atoms with E-state index in [1.807, 2.05) is 6.92 Å². The first-order valence-corrected chi connectivity index (χ1v) is 6.18. The second-order valence-electron chi connectivity index (χ2n) is 4.91. The first-order chi connectivity index (χ1) is 7.68. The molecule has 16 heavy (non-hydrogen) atoms. The van der Waals surface area contributed by atoms with Gasteiger partial charge in [-0.3, -0.25) is 0 Å². The molecule has 1 aromatic rings. The molecular weight excluding hydrogens is 198 g/mol. The molecule has 1 aliphatic carbocycles. The molecule has 0 unspecified atom stereocenters. The molecule has 1 aliphatic rings. The standard InChI is InChI=1S/C13H21N3/c1-9-11(12(14)8-16-13(9)15)7-10-5-3-2-4-6-10/h8,10H,2-7,14H2,1H3,(H2,15,16). The van der Waals surface area contributed by atoms with Crippen molar-refractivity contribution in [1.82, 2.24) is 4.98 Å². The van der Waals surface area contributed by atoms with E-state index < -0.39 is 0 Å². The average Bonchev–Trinajstić information content (AvgIpc) is 2.31. The Bertz CT molecular complexity index is 368. The Morgan fingerprint density at radius 3 is 2.62 bits per heavy atom. The summed E-state index contributed by atoms with van der Waals surface area (Å²) in [7, 11) is 0. The summed E-state index contributed by atoms with van der Waals surface area (Å²) >= 11 is 0. The van der Waals surface area contributed by atoms with Crippen LogP contribution >= 0.6 is 0 Å². The van der Waals surface area contributed by atoms with Gasteiger partial charge in [0.1, 0.15) is 5.82 Å². The molecule has 1 aromatic heterocycles. The largest absolute Gasteiger partial charge is 0.397 e. The maximum absolute atomic E-state index is 5.99. The molecule has 0 radical (unpaired) electrons. The van der Waals surface area contributed by atoms with Crippen LogP contribution in [-0.4, -0.2) is 4.98 Å². The number of pyridine rings is 1. The lowest BCUT2D eigenvalue weighted by Gasteiger charge is -2.23. The zero-order valence-electron chi connectivity index (χ0n) is 10.00. The molecule has 0 amide bonds. The van der Waals surface area contributed by atoms with Gasteiger partial charge in [-0.1, -0.05) is 32.1 Å². The zero-order chi connectivity index (χ0) is 11.5. The Balaban J connectivity index is 2.16. The Morgan fingerprint density at radius 2 is 1.94 bits per heavy atom. The van der Waals surface area contributed by atoms with E-state index in [-0.39, 0.29) is 0 Å². The van der Waals surface area contributed by atoms with Crippen molar-refractivity contribution in [3.05, 3.63) is 17.3 Å². The Hall–Kier alpha value is -1.25. The van der Waals surface area contributed by atoms with Crippen molar-refractivity contribution >= 4 is 11.5 Å². The molecule has 2 rings (SSSR count). The normalized spacial score (nSPS) is 17.6. The van der Waals surface area contributed by atoms with Gasteiger partial charge in [0.15, 0.2) is 0 Å². The third-order valence-corrected chi connectivity index (χ3v) is 3.75. The number of nitrogens with two attached hydrogens (primary N) is 2. The lowest BCUT2D eigenvalue weighted by Crippen LogP contribution is -2.12. The van der Waals surface area contributed by atoms with Gasteiger partial charge in [0.25, 0.3) is 0 Å². The van der Waals surface area contributed by atoms with Crippen molar-refractivity contribution in [3.63, 3.8) is 0 Å². The van der Waals surface area contributed by atoms with Crippen molar-refractivity contribution in [3.8, 4) is 0 Å². The van der Waals surface area contributed by atoms with Gasteiger partial charge in [0, 0.05) is 0 Å². The first kappa shape index (κ1) is 11.2. The summed E-state index contributed by atoms with van der Waals surface area (Å²) in [6, 6.07) is 0. The molecule has 1 fully saturated rings. The van der Waals surface area contributed by atoms with Crippen molar-refractivity contribution in [2.45, 2.75) is 45.4 Å². The molecule has 0 aromatic carbocycles. The van der Waals surface area contributed by atoms with Crippen LogP contribution in [0.2, 0.25) is 0 Å². The highest BCUT2D eigenvalue weighted by Crippen LogP contribution is 2.30. The monoisotopic (exact) mass is 219 g/mol. The Labute approximate surface area is 97.2 Å². The maximum atomic E-state index is 5.99. The topological polar surface area (TPSA) is 64.9 Å². The summed E-state index contributed by atoms with van der Waals surface area (Å²) in [5, 5.41) is 0. The SMILES string of the molecule is Cc1c(N)ncc(N)c1CC1CCCCC1. The van der Waals surface area contributed by atoms with Crippen LogP contribution in [0, 0.1) is 12.8 Å². The first-order valence-electron chi connectivity index (χ1n) is 6.18. The summed E-state index contributed by atoms with van der Waals surface area (Å²) in [6.07, 6.45) is 9.56. The van der Waals surface area contributed by atoms with E-state index in [9.17, 15) is 0 Å². The summed E-state index contributed by atoms with van der Waals surface area (Å²) in [4.78, 5) is 4.08. The minimum atomic E-state index is 0.625. The molecule has 1 heterocycles. The van der Waals surface area contributed by atoms with Gasteiger partial charge < -0.3 is 11.5 Å². The van der Waals surface area contributed by atoms with E-state index in [0.29, 0.717) is 5.82 Å². The van der Waals surface area contributed by atoms with E-state index in [4.69, 9.17) is 11.5 Å². The van der Waals surface area contributed by atoms with Crippen molar-refractivity contribution in [1.29, 1.82) is 0 Å². The molecule has 3 heteroatoms. The fourth-order valence-corrected chi connectivity index (χ4v) is 2.64.